The van der Waals surface area contributed by atoms with Crippen LogP contribution in [0.4, 0.5) is 0 Å². The molecule has 0 bridgehead atoms. The van der Waals surface area contributed by atoms with Gasteiger partial charge in [-0.25, -0.2) is 0 Å². The van der Waals surface area contributed by atoms with Crippen LogP contribution in [0.2, 0.25) is 0 Å². The summed E-state index contributed by atoms with van der Waals surface area (Å²) in [6, 6.07) is 0. The van der Waals surface area contributed by atoms with Crippen molar-refractivity contribution in [2.75, 3.05) is 13.1 Å². The lowest BCUT2D eigenvalue weighted by atomic mass is 10.0. The third kappa shape index (κ3) is 15.7. The van der Waals surface area contributed by atoms with Gasteiger partial charge in [-0.15, -0.1) is 0 Å². The van der Waals surface area contributed by atoms with Crippen molar-refractivity contribution < 1.29 is 0 Å². The predicted octanol–water partition coefficient (Wildman–Crippen LogP) is 7.43. The van der Waals surface area contributed by atoms with E-state index >= 15 is 0 Å². The number of hydrogen-bond donors (Lipinski definition) is 0. The van der Waals surface area contributed by atoms with Gasteiger partial charge in [0.05, 0.1) is 13.1 Å². The molecule has 1 aliphatic heterocycles. The summed E-state index contributed by atoms with van der Waals surface area (Å²) in [7, 11) is 0. The summed E-state index contributed by atoms with van der Waals surface area (Å²) in [6.07, 6.45) is 21.3. The van der Waals surface area contributed by atoms with Crippen LogP contribution >= 0.6 is 0 Å². The Labute approximate surface area is 147 Å². The van der Waals surface area contributed by atoms with Gasteiger partial charge < -0.3 is 0 Å². The zero-order valence-electron chi connectivity index (χ0n) is 15.4. The highest BCUT2D eigenvalue weighted by molar-refractivity contribution is 4.51. The average molecular weight is 337 g/mol. The topological polar surface area (TPSA) is 74.2 Å². The van der Waals surface area contributed by atoms with Crippen molar-refractivity contribution in [1.29, 1.82) is 0 Å². The van der Waals surface area contributed by atoms with Crippen LogP contribution in [0.3, 0.4) is 0 Å². The van der Waals surface area contributed by atoms with E-state index in [-0.39, 0.29) is 0 Å². The summed E-state index contributed by atoms with van der Waals surface area (Å²) < 4.78 is 0. The maximum Gasteiger partial charge on any atom is 0.0621 e. The Morgan fingerprint density at radius 3 is 0.792 bits per heavy atom. The molecule has 24 heavy (non-hydrogen) atoms. The van der Waals surface area contributed by atoms with Gasteiger partial charge in [-0.1, -0.05) is 89.9 Å². The maximum absolute atomic E-state index is 3.97. The van der Waals surface area contributed by atoms with E-state index in [1.165, 1.54) is 89.9 Å². The van der Waals surface area contributed by atoms with E-state index in [0.717, 1.165) is 25.9 Å². The van der Waals surface area contributed by atoms with E-state index in [0.29, 0.717) is 0 Å². The fourth-order valence-corrected chi connectivity index (χ4v) is 3.02. The summed E-state index contributed by atoms with van der Waals surface area (Å²) in [5.41, 5.74) is 0. The molecule has 0 radical (unpaired) electrons. The van der Waals surface area contributed by atoms with Crippen molar-refractivity contribution in [2.24, 2.45) is 31.1 Å². The lowest BCUT2D eigenvalue weighted by Crippen LogP contribution is -1.85. The Kier molecular flexibility index (Phi) is 15.8. The van der Waals surface area contributed by atoms with Gasteiger partial charge in [-0.2, -0.15) is 10.2 Å². The molecular weight excluding hydrogens is 300 g/mol. The van der Waals surface area contributed by atoms with Crippen LogP contribution in [0.15, 0.2) is 31.1 Å². The quantitative estimate of drug-likeness (QED) is 0.441. The first kappa shape index (κ1) is 20.8. The van der Waals surface area contributed by atoms with Gasteiger partial charge in [0.2, 0.25) is 0 Å². The Balaban J connectivity index is 2.15. The van der Waals surface area contributed by atoms with Crippen LogP contribution < -0.4 is 0 Å². The zero-order chi connectivity index (χ0) is 17.0. The number of nitrogens with zero attached hydrogens (tertiary/aromatic N) is 6. The SMILES string of the molecule is C1CCCCCCCCCN=N/N=N/N=NCCCCCCCC1. The smallest absolute Gasteiger partial charge is 0.0621 e. The predicted molar refractivity (Wildman–Crippen MR) is 98.2 cm³/mol. The second-order valence-corrected chi connectivity index (χ2v) is 6.74. The van der Waals surface area contributed by atoms with E-state index in [1.54, 1.807) is 0 Å². The molecular formula is C18H36N6. The second-order valence-electron chi connectivity index (χ2n) is 6.74. The molecule has 0 aromatic rings. The lowest BCUT2D eigenvalue weighted by Gasteiger charge is -2.03. The van der Waals surface area contributed by atoms with Gasteiger partial charge in [0.25, 0.3) is 0 Å². The van der Waals surface area contributed by atoms with Gasteiger partial charge in [-0.05, 0) is 33.7 Å². The standard InChI is InChI=1S/C18H36N6/c1-2-4-6-8-10-12-14-16-18-20-22-24-23-21-19-17-15-13-11-9-7-5-3-1/h1-18H2/b21-19?,22-20?,24-23+. The molecule has 0 unspecified atom stereocenters. The molecule has 0 fully saturated rings. The average Bonchev–Trinajstić information content (AvgIpc) is 2.59. The van der Waals surface area contributed by atoms with E-state index in [1.807, 2.05) is 0 Å². The Morgan fingerprint density at radius 1 is 0.250 bits per heavy atom. The maximum atomic E-state index is 3.97. The molecule has 1 rings (SSSR count). The van der Waals surface area contributed by atoms with Crippen molar-refractivity contribution in [2.45, 2.75) is 103 Å². The van der Waals surface area contributed by atoms with Crippen LogP contribution in [0.25, 0.3) is 0 Å². The lowest BCUT2D eigenvalue weighted by molar-refractivity contribution is 0.527. The van der Waals surface area contributed by atoms with Crippen molar-refractivity contribution in [3.63, 3.8) is 0 Å². The van der Waals surface area contributed by atoms with Crippen molar-refractivity contribution in [3.05, 3.63) is 0 Å². The van der Waals surface area contributed by atoms with Gasteiger partial charge in [0, 0.05) is 0 Å². The summed E-state index contributed by atoms with van der Waals surface area (Å²) in [5.74, 6) is 0. The van der Waals surface area contributed by atoms with E-state index < -0.39 is 0 Å². The third-order valence-electron chi connectivity index (χ3n) is 4.51. The largest absolute Gasteiger partial charge is 0.167 e. The van der Waals surface area contributed by atoms with Crippen molar-refractivity contribution >= 4 is 0 Å². The van der Waals surface area contributed by atoms with E-state index in [9.17, 15) is 0 Å². The molecule has 0 N–H and O–H groups in total. The highest BCUT2D eigenvalue weighted by Crippen LogP contribution is 2.13. The minimum absolute atomic E-state index is 0.732. The Hall–Kier alpha value is -1.20. The number of hydrogen-bond acceptors (Lipinski definition) is 6. The summed E-state index contributed by atoms with van der Waals surface area (Å²) in [5, 5.41) is 22.3. The van der Waals surface area contributed by atoms with Crippen LogP contribution in [0, 0.1) is 0 Å². The fraction of sp³-hybridized carbons (Fsp3) is 1.00. The molecule has 0 saturated carbocycles. The first-order valence-electron chi connectivity index (χ1n) is 10.1. The summed E-state index contributed by atoms with van der Waals surface area (Å²) in [4.78, 5) is 0. The molecule has 0 aromatic heterocycles. The van der Waals surface area contributed by atoms with Crippen LogP contribution in [0.1, 0.15) is 103 Å². The second kappa shape index (κ2) is 18.1. The molecule has 0 aliphatic carbocycles. The minimum atomic E-state index is 0.732. The first-order valence-corrected chi connectivity index (χ1v) is 10.1. The Morgan fingerprint density at radius 2 is 0.500 bits per heavy atom. The highest BCUT2D eigenvalue weighted by atomic mass is 15.6. The molecule has 1 heterocycles. The first-order chi connectivity index (χ1) is 12.0. The number of rotatable bonds is 0. The third-order valence-corrected chi connectivity index (χ3v) is 4.51. The zero-order valence-corrected chi connectivity index (χ0v) is 15.4. The molecule has 6 heteroatoms. The van der Waals surface area contributed by atoms with Crippen LogP contribution in [-0.2, 0) is 0 Å². The molecule has 0 saturated heterocycles. The van der Waals surface area contributed by atoms with Gasteiger partial charge in [-0.3, -0.25) is 0 Å². The Bertz CT molecular complexity index is 308. The van der Waals surface area contributed by atoms with E-state index in [4.69, 9.17) is 0 Å². The molecule has 0 spiro atoms. The van der Waals surface area contributed by atoms with Crippen LogP contribution in [0.5, 0.6) is 0 Å². The molecule has 0 aromatic carbocycles. The molecule has 138 valence electrons. The van der Waals surface area contributed by atoms with Crippen molar-refractivity contribution in [3.8, 4) is 0 Å². The molecule has 0 amide bonds. The fourth-order valence-electron chi connectivity index (χ4n) is 3.02. The minimum Gasteiger partial charge on any atom is -0.167 e. The van der Waals surface area contributed by atoms with Crippen molar-refractivity contribution in [1.82, 2.24) is 0 Å². The molecule has 6 nitrogen and oxygen atoms in total. The van der Waals surface area contributed by atoms with Crippen LogP contribution in [-0.4, -0.2) is 13.1 Å². The van der Waals surface area contributed by atoms with Gasteiger partial charge in [0.1, 0.15) is 0 Å². The molecule has 1 aliphatic rings. The van der Waals surface area contributed by atoms with Gasteiger partial charge >= 0.3 is 0 Å². The van der Waals surface area contributed by atoms with E-state index in [2.05, 4.69) is 31.1 Å². The van der Waals surface area contributed by atoms with Gasteiger partial charge in [0.15, 0.2) is 0 Å². The monoisotopic (exact) mass is 336 g/mol. The highest BCUT2D eigenvalue weighted by Gasteiger charge is 1.95. The molecule has 0 atom stereocenters. The normalized spacial score (nSPS) is 23.3. The summed E-state index contributed by atoms with van der Waals surface area (Å²) in [6.45, 7) is 1.46. The summed E-state index contributed by atoms with van der Waals surface area (Å²) >= 11 is 0.